The molecule has 1 aromatic carbocycles. The Hall–Kier alpha value is -2.14. The Morgan fingerprint density at radius 3 is 3.00 bits per heavy atom. The predicted octanol–water partition coefficient (Wildman–Crippen LogP) is 2.02. The SMILES string of the molecule is CN(Cc1ccno1)C(=O)c1ccccc1[C@@H]1CCNC1. The molecule has 0 radical (unpaired) electrons. The first-order valence-corrected chi connectivity index (χ1v) is 7.20. The summed E-state index contributed by atoms with van der Waals surface area (Å²) in [7, 11) is 1.79. The Balaban J connectivity index is 1.80. The van der Waals surface area contributed by atoms with Crippen molar-refractivity contribution < 1.29 is 9.32 Å². The zero-order valence-electron chi connectivity index (χ0n) is 12.1. The maximum absolute atomic E-state index is 12.7. The number of amides is 1. The van der Waals surface area contributed by atoms with Crippen LogP contribution in [-0.2, 0) is 6.54 Å². The van der Waals surface area contributed by atoms with Crippen LogP contribution >= 0.6 is 0 Å². The van der Waals surface area contributed by atoms with E-state index in [0.717, 1.165) is 30.6 Å². The summed E-state index contributed by atoms with van der Waals surface area (Å²) >= 11 is 0. The van der Waals surface area contributed by atoms with Crippen LogP contribution in [0.4, 0.5) is 0 Å². The Bertz CT molecular complexity index is 604. The van der Waals surface area contributed by atoms with E-state index in [1.54, 1.807) is 24.2 Å². The fourth-order valence-electron chi connectivity index (χ4n) is 2.80. The first-order chi connectivity index (χ1) is 10.3. The smallest absolute Gasteiger partial charge is 0.254 e. The molecule has 110 valence electrons. The fraction of sp³-hybridized carbons (Fsp3) is 0.375. The van der Waals surface area contributed by atoms with Crippen molar-refractivity contribution in [2.24, 2.45) is 0 Å². The number of carbonyl (C=O) groups excluding carboxylic acids is 1. The zero-order chi connectivity index (χ0) is 14.7. The van der Waals surface area contributed by atoms with Crippen LogP contribution in [0.5, 0.6) is 0 Å². The van der Waals surface area contributed by atoms with Gasteiger partial charge in [-0.1, -0.05) is 23.4 Å². The van der Waals surface area contributed by atoms with Crippen LogP contribution in [0.2, 0.25) is 0 Å². The average molecular weight is 285 g/mol. The quantitative estimate of drug-likeness (QED) is 0.933. The molecule has 1 amide bonds. The lowest BCUT2D eigenvalue weighted by atomic mass is 9.93. The van der Waals surface area contributed by atoms with Crippen molar-refractivity contribution in [2.45, 2.75) is 18.9 Å². The first kappa shape index (κ1) is 13.8. The molecular formula is C16H19N3O2. The van der Waals surface area contributed by atoms with Crippen LogP contribution in [0.15, 0.2) is 41.1 Å². The van der Waals surface area contributed by atoms with E-state index in [0.29, 0.717) is 18.2 Å². The molecule has 1 atom stereocenters. The van der Waals surface area contributed by atoms with Crippen molar-refractivity contribution in [2.75, 3.05) is 20.1 Å². The maximum atomic E-state index is 12.7. The van der Waals surface area contributed by atoms with Crippen molar-refractivity contribution in [3.05, 3.63) is 53.4 Å². The van der Waals surface area contributed by atoms with Gasteiger partial charge in [0.25, 0.3) is 5.91 Å². The third kappa shape index (κ3) is 2.97. The third-order valence-electron chi connectivity index (χ3n) is 3.92. The second-order valence-corrected chi connectivity index (χ2v) is 5.42. The van der Waals surface area contributed by atoms with Crippen LogP contribution in [-0.4, -0.2) is 36.1 Å². The van der Waals surface area contributed by atoms with Gasteiger partial charge in [-0.3, -0.25) is 4.79 Å². The Labute approximate surface area is 123 Å². The lowest BCUT2D eigenvalue weighted by Gasteiger charge is -2.19. The van der Waals surface area contributed by atoms with E-state index in [1.165, 1.54) is 0 Å². The third-order valence-corrected chi connectivity index (χ3v) is 3.92. The highest BCUT2D eigenvalue weighted by Crippen LogP contribution is 2.26. The normalized spacial score (nSPS) is 17.9. The topological polar surface area (TPSA) is 58.4 Å². The van der Waals surface area contributed by atoms with Crippen LogP contribution < -0.4 is 5.32 Å². The molecular weight excluding hydrogens is 266 g/mol. The Morgan fingerprint density at radius 2 is 2.29 bits per heavy atom. The van der Waals surface area contributed by atoms with Gasteiger partial charge in [0.1, 0.15) is 0 Å². The monoisotopic (exact) mass is 285 g/mol. The summed E-state index contributed by atoms with van der Waals surface area (Å²) in [5, 5.41) is 7.02. The molecule has 1 N–H and O–H groups in total. The number of nitrogens with zero attached hydrogens (tertiary/aromatic N) is 2. The molecule has 21 heavy (non-hydrogen) atoms. The maximum Gasteiger partial charge on any atom is 0.254 e. The molecule has 1 fully saturated rings. The number of aromatic nitrogens is 1. The van der Waals surface area contributed by atoms with Crippen LogP contribution in [0.1, 0.15) is 34.0 Å². The molecule has 1 aromatic heterocycles. The first-order valence-electron chi connectivity index (χ1n) is 7.20. The Kier molecular flexibility index (Phi) is 4.01. The van der Waals surface area contributed by atoms with E-state index in [2.05, 4.69) is 16.5 Å². The van der Waals surface area contributed by atoms with E-state index in [4.69, 9.17) is 4.52 Å². The molecule has 1 aliphatic heterocycles. The molecule has 0 aliphatic carbocycles. The van der Waals surface area contributed by atoms with Gasteiger partial charge in [-0.2, -0.15) is 0 Å². The number of hydrogen-bond acceptors (Lipinski definition) is 4. The van der Waals surface area contributed by atoms with Crippen molar-refractivity contribution in [3.8, 4) is 0 Å². The van der Waals surface area contributed by atoms with E-state index in [1.807, 2.05) is 18.2 Å². The van der Waals surface area contributed by atoms with Crippen molar-refractivity contribution in [1.82, 2.24) is 15.4 Å². The van der Waals surface area contributed by atoms with E-state index >= 15 is 0 Å². The summed E-state index contributed by atoms with van der Waals surface area (Å²) in [5.41, 5.74) is 1.92. The molecule has 5 nitrogen and oxygen atoms in total. The highest BCUT2D eigenvalue weighted by molar-refractivity contribution is 5.95. The van der Waals surface area contributed by atoms with E-state index in [-0.39, 0.29) is 5.91 Å². The summed E-state index contributed by atoms with van der Waals surface area (Å²) in [6.07, 6.45) is 2.67. The van der Waals surface area contributed by atoms with Gasteiger partial charge in [0.2, 0.25) is 0 Å². The second-order valence-electron chi connectivity index (χ2n) is 5.42. The van der Waals surface area contributed by atoms with E-state index in [9.17, 15) is 4.79 Å². The Morgan fingerprint density at radius 1 is 1.43 bits per heavy atom. The minimum absolute atomic E-state index is 0.0221. The predicted molar refractivity (Wildman–Crippen MR) is 79.0 cm³/mol. The zero-order valence-corrected chi connectivity index (χ0v) is 12.1. The van der Waals surface area contributed by atoms with Crippen LogP contribution in [0.25, 0.3) is 0 Å². The molecule has 3 rings (SSSR count). The number of carbonyl (C=O) groups is 1. The van der Waals surface area contributed by atoms with Gasteiger partial charge in [0.15, 0.2) is 5.76 Å². The summed E-state index contributed by atoms with van der Waals surface area (Å²) in [6.45, 7) is 2.38. The highest BCUT2D eigenvalue weighted by atomic mass is 16.5. The van der Waals surface area contributed by atoms with E-state index < -0.39 is 0 Å². The van der Waals surface area contributed by atoms with Crippen LogP contribution in [0.3, 0.4) is 0 Å². The number of hydrogen-bond donors (Lipinski definition) is 1. The second kappa shape index (κ2) is 6.10. The molecule has 1 aliphatic rings. The van der Waals surface area contributed by atoms with Crippen molar-refractivity contribution >= 4 is 5.91 Å². The molecule has 0 unspecified atom stereocenters. The molecule has 2 aromatic rings. The molecule has 2 heterocycles. The molecule has 1 saturated heterocycles. The van der Waals surface area contributed by atoms with Gasteiger partial charge >= 0.3 is 0 Å². The van der Waals surface area contributed by atoms with Gasteiger partial charge in [-0.25, -0.2) is 0 Å². The van der Waals surface area contributed by atoms with Crippen LogP contribution in [0, 0.1) is 0 Å². The van der Waals surface area contributed by atoms with Gasteiger partial charge in [0.05, 0.1) is 12.7 Å². The summed E-state index contributed by atoms with van der Waals surface area (Å²) in [4.78, 5) is 14.4. The van der Waals surface area contributed by atoms with Gasteiger partial charge in [0, 0.05) is 25.2 Å². The number of nitrogens with one attached hydrogen (secondary N) is 1. The van der Waals surface area contributed by atoms with Crippen molar-refractivity contribution in [3.63, 3.8) is 0 Å². The molecule has 0 spiro atoms. The number of rotatable bonds is 4. The molecule has 0 bridgehead atoms. The largest absolute Gasteiger partial charge is 0.360 e. The lowest BCUT2D eigenvalue weighted by molar-refractivity contribution is 0.0770. The molecule has 5 heteroatoms. The molecule has 0 saturated carbocycles. The van der Waals surface area contributed by atoms with Gasteiger partial charge in [-0.05, 0) is 30.5 Å². The fourth-order valence-corrected chi connectivity index (χ4v) is 2.80. The van der Waals surface area contributed by atoms with Crippen molar-refractivity contribution in [1.29, 1.82) is 0 Å². The highest BCUT2D eigenvalue weighted by Gasteiger charge is 2.23. The standard InChI is InChI=1S/C16H19N3O2/c1-19(11-13-7-9-18-21-13)16(20)15-5-3-2-4-14(15)12-6-8-17-10-12/h2-5,7,9,12,17H,6,8,10-11H2,1H3/t12-/m1/s1. The lowest BCUT2D eigenvalue weighted by Crippen LogP contribution is -2.27. The summed E-state index contributed by atoms with van der Waals surface area (Å²) in [6, 6.07) is 9.67. The minimum Gasteiger partial charge on any atom is -0.360 e. The summed E-state index contributed by atoms with van der Waals surface area (Å²) in [5.74, 6) is 1.13. The minimum atomic E-state index is 0.0221. The average Bonchev–Trinajstić information content (AvgIpc) is 3.19. The van der Waals surface area contributed by atoms with Gasteiger partial charge < -0.3 is 14.7 Å². The number of benzene rings is 1. The summed E-state index contributed by atoms with van der Waals surface area (Å²) < 4.78 is 5.07. The van der Waals surface area contributed by atoms with Gasteiger partial charge in [-0.15, -0.1) is 0 Å².